The zero-order valence-electron chi connectivity index (χ0n) is 8.39. The van der Waals surface area contributed by atoms with Gasteiger partial charge in [-0.1, -0.05) is 22.0 Å². The molecule has 0 unspecified atom stereocenters. The van der Waals surface area contributed by atoms with Crippen LogP contribution < -0.4 is 5.73 Å². The van der Waals surface area contributed by atoms with E-state index in [0.29, 0.717) is 18.1 Å². The van der Waals surface area contributed by atoms with E-state index in [1.54, 1.807) is 17.0 Å². The van der Waals surface area contributed by atoms with Gasteiger partial charge in [0.1, 0.15) is 6.07 Å². The monoisotopic (exact) mass is 276 g/mol. The number of nitriles is 1. The molecule has 4 nitrogen and oxygen atoms in total. The average Bonchev–Trinajstić information content (AvgIpc) is 2.69. The third kappa shape index (κ3) is 2.07. The number of halogens is 1. The van der Waals surface area contributed by atoms with Gasteiger partial charge < -0.3 is 10.3 Å². The molecule has 2 rings (SSSR count). The van der Waals surface area contributed by atoms with Crippen molar-refractivity contribution < 1.29 is 0 Å². The molecule has 2 N–H and O–H groups in total. The number of benzene rings is 1. The highest BCUT2D eigenvalue weighted by atomic mass is 79.9. The van der Waals surface area contributed by atoms with Crippen molar-refractivity contribution in [2.75, 3.05) is 5.73 Å². The number of nitrogens with two attached hydrogens (primary N) is 1. The molecule has 0 amide bonds. The predicted molar refractivity (Wildman–Crippen MR) is 64.6 cm³/mol. The van der Waals surface area contributed by atoms with Gasteiger partial charge in [-0.25, -0.2) is 4.98 Å². The Bertz CT molecular complexity index is 553. The molecule has 0 radical (unpaired) electrons. The molecule has 0 aliphatic heterocycles. The molecule has 0 aliphatic carbocycles. The SMILES string of the molecule is N#Cc1nccn1Cc1ccc(N)cc1Br. The number of rotatable bonds is 2. The Morgan fingerprint density at radius 2 is 2.31 bits per heavy atom. The third-order valence-corrected chi connectivity index (χ3v) is 2.97. The largest absolute Gasteiger partial charge is 0.399 e. The zero-order chi connectivity index (χ0) is 11.5. The van der Waals surface area contributed by atoms with E-state index in [4.69, 9.17) is 11.0 Å². The number of hydrogen-bond donors (Lipinski definition) is 1. The van der Waals surface area contributed by atoms with Gasteiger partial charge in [0.25, 0.3) is 0 Å². The van der Waals surface area contributed by atoms with E-state index < -0.39 is 0 Å². The van der Waals surface area contributed by atoms with Crippen LogP contribution in [0.15, 0.2) is 35.1 Å². The Balaban J connectivity index is 2.31. The van der Waals surface area contributed by atoms with E-state index in [1.807, 2.05) is 24.3 Å². The van der Waals surface area contributed by atoms with E-state index in [0.717, 1.165) is 10.0 Å². The number of imidazole rings is 1. The van der Waals surface area contributed by atoms with Crippen LogP contribution in [0.1, 0.15) is 11.4 Å². The molecular formula is C11H9BrN4. The van der Waals surface area contributed by atoms with Crippen LogP contribution in [0.5, 0.6) is 0 Å². The lowest BCUT2D eigenvalue weighted by atomic mass is 10.2. The molecule has 1 heterocycles. The number of nitrogens with zero attached hydrogens (tertiary/aromatic N) is 3. The lowest BCUT2D eigenvalue weighted by Gasteiger charge is -2.07. The highest BCUT2D eigenvalue weighted by molar-refractivity contribution is 9.10. The second-order valence-corrected chi connectivity index (χ2v) is 4.20. The van der Waals surface area contributed by atoms with Crippen LogP contribution in [0.25, 0.3) is 0 Å². The molecule has 1 aromatic heterocycles. The van der Waals surface area contributed by atoms with E-state index in [2.05, 4.69) is 20.9 Å². The molecule has 5 heteroatoms. The van der Waals surface area contributed by atoms with Crippen molar-refractivity contribution in [3.63, 3.8) is 0 Å². The summed E-state index contributed by atoms with van der Waals surface area (Å²) < 4.78 is 2.72. The van der Waals surface area contributed by atoms with E-state index in [1.165, 1.54) is 0 Å². The molecule has 0 bridgehead atoms. The Morgan fingerprint density at radius 1 is 1.50 bits per heavy atom. The number of hydrogen-bond acceptors (Lipinski definition) is 3. The average molecular weight is 277 g/mol. The Labute approximate surface area is 101 Å². The topological polar surface area (TPSA) is 67.6 Å². The normalized spacial score (nSPS) is 10.0. The highest BCUT2D eigenvalue weighted by Crippen LogP contribution is 2.21. The summed E-state index contributed by atoms with van der Waals surface area (Å²) in [6, 6.07) is 7.65. The highest BCUT2D eigenvalue weighted by Gasteiger charge is 2.05. The number of aromatic nitrogens is 2. The molecule has 0 aliphatic rings. The molecule has 0 spiro atoms. The van der Waals surface area contributed by atoms with E-state index in [9.17, 15) is 0 Å². The summed E-state index contributed by atoms with van der Waals surface area (Å²) >= 11 is 3.44. The molecule has 80 valence electrons. The molecule has 16 heavy (non-hydrogen) atoms. The second kappa shape index (κ2) is 4.37. The van der Waals surface area contributed by atoms with Gasteiger partial charge in [-0.15, -0.1) is 0 Å². The van der Waals surface area contributed by atoms with Gasteiger partial charge in [-0.3, -0.25) is 0 Å². The fraction of sp³-hybridized carbons (Fsp3) is 0.0909. The summed E-state index contributed by atoms with van der Waals surface area (Å²) in [7, 11) is 0. The maximum atomic E-state index is 8.83. The Hall–Kier alpha value is -1.80. The van der Waals surface area contributed by atoms with Crippen molar-refractivity contribution in [3.8, 4) is 6.07 Å². The van der Waals surface area contributed by atoms with Crippen LogP contribution in [0, 0.1) is 11.3 Å². The summed E-state index contributed by atoms with van der Waals surface area (Å²) in [5.41, 5.74) is 7.42. The Morgan fingerprint density at radius 3 is 3.00 bits per heavy atom. The van der Waals surface area contributed by atoms with Crippen LogP contribution in [-0.4, -0.2) is 9.55 Å². The summed E-state index contributed by atoms with van der Waals surface area (Å²) in [5.74, 6) is 0.406. The minimum absolute atomic E-state index is 0.406. The minimum Gasteiger partial charge on any atom is -0.399 e. The molecule has 0 fully saturated rings. The third-order valence-electron chi connectivity index (χ3n) is 2.23. The van der Waals surface area contributed by atoms with E-state index >= 15 is 0 Å². The first-order chi connectivity index (χ1) is 7.70. The van der Waals surface area contributed by atoms with Crippen LogP contribution in [0.2, 0.25) is 0 Å². The van der Waals surface area contributed by atoms with Crippen molar-refractivity contribution in [3.05, 3.63) is 46.5 Å². The molecular weight excluding hydrogens is 268 g/mol. The zero-order valence-corrected chi connectivity index (χ0v) is 9.98. The van der Waals surface area contributed by atoms with Gasteiger partial charge in [-0.2, -0.15) is 5.26 Å². The van der Waals surface area contributed by atoms with Crippen molar-refractivity contribution >= 4 is 21.6 Å². The van der Waals surface area contributed by atoms with Gasteiger partial charge in [-0.05, 0) is 17.7 Å². The maximum Gasteiger partial charge on any atom is 0.213 e. The molecule has 0 atom stereocenters. The van der Waals surface area contributed by atoms with Crippen molar-refractivity contribution in [2.45, 2.75) is 6.54 Å². The van der Waals surface area contributed by atoms with Gasteiger partial charge in [0.15, 0.2) is 0 Å². The summed E-state index contributed by atoms with van der Waals surface area (Å²) in [6.45, 7) is 0.601. The van der Waals surface area contributed by atoms with Crippen LogP contribution in [0.3, 0.4) is 0 Å². The van der Waals surface area contributed by atoms with Crippen LogP contribution >= 0.6 is 15.9 Å². The van der Waals surface area contributed by atoms with Gasteiger partial charge in [0.05, 0.1) is 6.54 Å². The first-order valence-corrected chi connectivity index (χ1v) is 5.45. The maximum absolute atomic E-state index is 8.83. The molecule has 0 saturated carbocycles. The van der Waals surface area contributed by atoms with Gasteiger partial charge in [0, 0.05) is 22.6 Å². The van der Waals surface area contributed by atoms with Crippen molar-refractivity contribution in [1.82, 2.24) is 9.55 Å². The fourth-order valence-corrected chi connectivity index (χ4v) is 1.95. The molecule has 2 aromatic rings. The van der Waals surface area contributed by atoms with Crippen LogP contribution in [-0.2, 0) is 6.54 Å². The van der Waals surface area contributed by atoms with Crippen LogP contribution in [0.4, 0.5) is 5.69 Å². The number of nitrogen functional groups attached to an aromatic ring is 1. The van der Waals surface area contributed by atoms with Crippen molar-refractivity contribution in [1.29, 1.82) is 5.26 Å². The second-order valence-electron chi connectivity index (χ2n) is 3.34. The predicted octanol–water partition coefficient (Wildman–Crippen LogP) is 2.15. The summed E-state index contributed by atoms with van der Waals surface area (Å²) in [4.78, 5) is 3.94. The van der Waals surface area contributed by atoms with Gasteiger partial charge >= 0.3 is 0 Å². The quantitative estimate of drug-likeness (QED) is 0.855. The Kier molecular flexibility index (Phi) is 2.93. The van der Waals surface area contributed by atoms with E-state index in [-0.39, 0.29) is 0 Å². The van der Waals surface area contributed by atoms with Crippen molar-refractivity contribution in [2.24, 2.45) is 0 Å². The van der Waals surface area contributed by atoms with Gasteiger partial charge in [0.2, 0.25) is 5.82 Å². The smallest absolute Gasteiger partial charge is 0.213 e. The minimum atomic E-state index is 0.406. The molecule has 1 aromatic carbocycles. The summed E-state index contributed by atoms with van der Waals surface area (Å²) in [5, 5.41) is 8.83. The fourth-order valence-electron chi connectivity index (χ4n) is 1.43. The molecule has 0 saturated heterocycles. The first-order valence-electron chi connectivity index (χ1n) is 4.66. The standard InChI is InChI=1S/C11H9BrN4/c12-10-5-9(14)2-1-8(10)7-16-4-3-15-11(16)6-13/h1-5H,7,14H2. The first kappa shape index (κ1) is 10.7. The lowest BCUT2D eigenvalue weighted by molar-refractivity contribution is 0.779. The number of anilines is 1. The lowest BCUT2D eigenvalue weighted by Crippen LogP contribution is -2.02. The summed E-state index contributed by atoms with van der Waals surface area (Å²) in [6.07, 6.45) is 3.39.